The first kappa shape index (κ1) is 14.6. The standard InChI is InChI=1S/C18H26N2O/c21-18-10-6-1-3-7-16(18)15-19-11-13-20(14-12-19)17-8-4-2-5-9-17/h2,4-5,8-9,16H,1,3,6-7,10-15H2. The molecule has 2 fully saturated rings. The van der Waals surface area contributed by atoms with Crippen molar-refractivity contribution in [3.63, 3.8) is 0 Å². The molecule has 0 bridgehead atoms. The van der Waals surface area contributed by atoms with E-state index >= 15 is 0 Å². The van der Waals surface area contributed by atoms with Crippen molar-refractivity contribution in [2.24, 2.45) is 5.92 Å². The molecular weight excluding hydrogens is 260 g/mol. The highest BCUT2D eigenvalue weighted by atomic mass is 16.1. The zero-order valence-corrected chi connectivity index (χ0v) is 12.8. The van der Waals surface area contributed by atoms with Crippen LogP contribution < -0.4 is 4.90 Å². The number of benzene rings is 1. The summed E-state index contributed by atoms with van der Waals surface area (Å²) in [4.78, 5) is 17.1. The fourth-order valence-electron chi connectivity index (χ4n) is 3.56. The topological polar surface area (TPSA) is 23.6 Å². The van der Waals surface area contributed by atoms with Gasteiger partial charge in [0.1, 0.15) is 5.78 Å². The second-order valence-electron chi connectivity index (χ2n) is 6.39. The van der Waals surface area contributed by atoms with Gasteiger partial charge in [-0.25, -0.2) is 0 Å². The maximum Gasteiger partial charge on any atom is 0.137 e. The number of nitrogens with zero attached hydrogens (tertiary/aromatic N) is 2. The molecule has 1 aromatic carbocycles. The number of rotatable bonds is 3. The maximum atomic E-state index is 12.1. The Morgan fingerprint density at radius 1 is 0.952 bits per heavy atom. The number of para-hydroxylation sites is 1. The molecule has 3 heteroatoms. The van der Waals surface area contributed by atoms with E-state index in [0.717, 1.165) is 52.0 Å². The van der Waals surface area contributed by atoms with Gasteiger partial charge in [0.15, 0.2) is 0 Å². The van der Waals surface area contributed by atoms with E-state index in [4.69, 9.17) is 0 Å². The summed E-state index contributed by atoms with van der Waals surface area (Å²) < 4.78 is 0. The van der Waals surface area contributed by atoms with Crippen molar-refractivity contribution in [1.82, 2.24) is 4.90 Å². The van der Waals surface area contributed by atoms with Crippen LogP contribution in [0.1, 0.15) is 32.1 Å². The van der Waals surface area contributed by atoms with Crippen LogP contribution in [0.3, 0.4) is 0 Å². The SMILES string of the molecule is O=C1CCCCCC1CN1CCN(c2ccccc2)CC1. The molecule has 0 amide bonds. The minimum Gasteiger partial charge on any atom is -0.369 e. The number of carbonyl (C=O) groups excluding carboxylic acids is 1. The summed E-state index contributed by atoms with van der Waals surface area (Å²) >= 11 is 0. The van der Waals surface area contributed by atoms with Crippen LogP contribution in [0.4, 0.5) is 5.69 Å². The number of hydrogen-bond donors (Lipinski definition) is 0. The van der Waals surface area contributed by atoms with Gasteiger partial charge in [-0.2, -0.15) is 0 Å². The smallest absolute Gasteiger partial charge is 0.137 e. The first-order valence-corrected chi connectivity index (χ1v) is 8.38. The maximum absolute atomic E-state index is 12.1. The fraction of sp³-hybridized carbons (Fsp3) is 0.611. The Kier molecular flexibility index (Phi) is 4.91. The molecular formula is C18H26N2O. The minimum atomic E-state index is 0.302. The highest BCUT2D eigenvalue weighted by Gasteiger charge is 2.25. The van der Waals surface area contributed by atoms with Gasteiger partial charge in [0.05, 0.1) is 0 Å². The normalized spacial score (nSPS) is 24.9. The summed E-state index contributed by atoms with van der Waals surface area (Å²) in [5.41, 5.74) is 1.32. The molecule has 1 atom stereocenters. The van der Waals surface area contributed by atoms with Gasteiger partial charge in [-0.05, 0) is 25.0 Å². The molecule has 0 spiro atoms. The van der Waals surface area contributed by atoms with Gasteiger partial charge in [-0.1, -0.05) is 31.0 Å². The van der Waals surface area contributed by atoms with E-state index in [-0.39, 0.29) is 0 Å². The molecule has 0 N–H and O–H groups in total. The van der Waals surface area contributed by atoms with Crippen LogP contribution in [-0.2, 0) is 4.79 Å². The summed E-state index contributed by atoms with van der Waals surface area (Å²) in [7, 11) is 0. The first-order chi connectivity index (χ1) is 10.3. The van der Waals surface area contributed by atoms with Crippen molar-refractivity contribution < 1.29 is 4.79 Å². The average Bonchev–Trinajstić information content (AvgIpc) is 2.74. The Morgan fingerprint density at radius 2 is 1.71 bits per heavy atom. The van der Waals surface area contributed by atoms with Crippen molar-refractivity contribution in [1.29, 1.82) is 0 Å². The molecule has 3 nitrogen and oxygen atoms in total. The molecule has 1 saturated carbocycles. The highest BCUT2D eigenvalue weighted by Crippen LogP contribution is 2.22. The molecule has 0 aromatic heterocycles. The van der Waals surface area contributed by atoms with Gasteiger partial charge in [-0.3, -0.25) is 9.69 Å². The predicted molar refractivity (Wildman–Crippen MR) is 86.7 cm³/mol. The van der Waals surface area contributed by atoms with E-state index in [0.29, 0.717) is 11.7 Å². The van der Waals surface area contributed by atoms with Gasteiger partial charge < -0.3 is 4.90 Å². The number of Topliss-reactive ketones (excluding diaryl/α,β-unsaturated/α-hetero) is 1. The minimum absolute atomic E-state index is 0.302. The summed E-state index contributed by atoms with van der Waals surface area (Å²) in [6.45, 7) is 5.30. The third-order valence-electron chi connectivity index (χ3n) is 4.90. The molecule has 1 aliphatic heterocycles. The summed E-state index contributed by atoms with van der Waals surface area (Å²) in [6, 6.07) is 10.6. The molecule has 21 heavy (non-hydrogen) atoms. The second-order valence-corrected chi connectivity index (χ2v) is 6.39. The third kappa shape index (κ3) is 3.85. The molecule has 1 aliphatic carbocycles. The summed E-state index contributed by atoms with van der Waals surface area (Å²) in [6.07, 6.45) is 5.51. The average molecular weight is 286 g/mol. The fourth-order valence-corrected chi connectivity index (χ4v) is 3.56. The Hall–Kier alpha value is -1.35. The Balaban J connectivity index is 1.50. The molecule has 0 radical (unpaired) electrons. The van der Waals surface area contributed by atoms with E-state index in [9.17, 15) is 4.79 Å². The quantitative estimate of drug-likeness (QED) is 0.798. The Labute approximate surface area is 127 Å². The highest BCUT2D eigenvalue weighted by molar-refractivity contribution is 5.81. The zero-order valence-electron chi connectivity index (χ0n) is 12.8. The predicted octanol–water partition coefficient (Wildman–Crippen LogP) is 2.96. The lowest BCUT2D eigenvalue weighted by molar-refractivity contribution is -0.123. The van der Waals surface area contributed by atoms with Gasteiger partial charge in [-0.15, -0.1) is 0 Å². The second kappa shape index (κ2) is 7.08. The molecule has 1 unspecified atom stereocenters. The number of ketones is 1. The lowest BCUT2D eigenvalue weighted by Crippen LogP contribution is -2.48. The summed E-state index contributed by atoms with van der Waals surface area (Å²) in [5.74, 6) is 0.814. The van der Waals surface area contributed by atoms with Crippen molar-refractivity contribution in [2.75, 3.05) is 37.6 Å². The number of hydrogen-bond acceptors (Lipinski definition) is 3. The van der Waals surface area contributed by atoms with Crippen LogP contribution in [0.25, 0.3) is 0 Å². The van der Waals surface area contributed by atoms with Crippen LogP contribution >= 0.6 is 0 Å². The van der Waals surface area contributed by atoms with Crippen LogP contribution in [0.15, 0.2) is 30.3 Å². The Morgan fingerprint density at radius 3 is 2.48 bits per heavy atom. The molecule has 2 aliphatic rings. The third-order valence-corrected chi connectivity index (χ3v) is 4.90. The molecule has 1 aromatic rings. The van der Waals surface area contributed by atoms with E-state index in [2.05, 4.69) is 40.1 Å². The first-order valence-electron chi connectivity index (χ1n) is 8.38. The van der Waals surface area contributed by atoms with Crippen molar-refractivity contribution >= 4 is 11.5 Å². The van der Waals surface area contributed by atoms with E-state index < -0.39 is 0 Å². The lowest BCUT2D eigenvalue weighted by Gasteiger charge is -2.37. The number of anilines is 1. The molecule has 1 saturated heterocycles. The Bertz CT molecular complexity index is 452. The van der Waals surface area contributed by atoms with Crippen LogP contribution in [-0.4, -0.2) is 43.4 Å². The van der Waals surface area contributed by atoms with Gasteiger partial charge >= 0.3 is 0 Å². The van der Waals surface area contributed by atoms with E-state index in [1.165, 1.54) is 18.5 Å². The van der Waals surface area contributed by atoms with Gasteiger partial charge in [0.25, 0.3) is 0 Å². The van der Waals surface area contributed by atoms with Crippen molar-refractivity contribution in [2.45, 2.75) is 32.1 Å². The van der Waals surface area contributed by atoms with E-state index in [1.807, 2.05) is 0 Å². The van der Waals surface area contributed by atoms with Crippen LogP contribution in [0.2, 0.25) is 0 Å². The van der Waals surface area contributed by atoms with Crippen LogP contribution in [0, 0.1) is 5.92 Å². The van der Waals surface area contributed by atoms with E-state index in [1.54, 1.807) is 0 Å². The monoisotopic (exact) mass is 286 g/mol. The number of piperazine rings is 1. The van der Waals surface area contributed by atoms with Crippen molar-refractivity contribution in [3.05, 3.63) is 30.3 Å². The molecule has 1 heterocycles. The van der Waals surface area contributed by atoms with Gasteiger partial charge in [0.2, 0.25) is 0 Å². The number of carbonyl (C=O) groups is 1. The van der Waals surface area contributed by atoms with Crippen molar-refractivity contribution in [3.8, 4) is 0 Å². The molecule has 3 rings (SSSR count). The molecule has 114 valence electrons. The van der Waals surface area contributed by atoms with Gasteiger partial charge in [0, 0.05) is 50.7 Å². The zero-order chi connectivity index (χ0) is 14.5. The largest absolute Gasteiger partial charge is 0.369 e. The van der Waals surface area contributed by atoms with Crippen LogP contribution in [0.5, 0.6) is 0 Å². The lowest BCUT2D eigenvalue weighted by atomic mass is 9.98. The summed E-state index contributed by atoms with van der Waals surface area (Å²) in [5, 5.41) is 0.